The molecule has 4 rings (SSSR count). The highest BCUT2D eigenvalue weighted by atomic mass is 16.5. The smallest absolute Gasteiger partial charge is 0.251 e. The van der Waals surface area contributed by atoms with E-state index in [1.54, 1.807) is 7.11 Å². The van der Waals surface area contributed by atoms with Crippen LogP contribution in [0.1, 0.15) is 65.3 Å². The van der Waals surface area contributed by atoms with E-state index in [1.807, 2.05) is 65.9 Å². The topological polar surface area (TPSA) is 78.2 Å². The van der Waals surface area contributed by atoms with Crippen LogP contribution in [0.5, 0.6) is 0 Å². The van der Waals surface area contributed by atoms with Crippen molar-refractivity contribution in [3.63, 3.8) is 0 Å². The van der Waals surface area contributed by atoms with Gasteiger partial charge < -0.3 is 14.6 Å². The standard InChI is InChI=1S/C30H38N4O3/c1-5-9-22(10-8-13-29(35)26-20-33(3)28-12-7-6-11-24(26)28)18-34-19-23-17-25(21(2)16-27(23)32-34)30(36)31-14-15-37-4/h6-7,11-12,16-17,19-20,22H,5,8-10,13-15,18H2,1-4H3,(H,31,36). The fraction of sp³-hybridized carbons (Fsp3) is 0.433. The highest BCUT2D eigenvalue weighted by molar-refractivity contribution is 6.08. The second-order valence-electron chi connectivity index (χ2n) is 9.97. The van der Waals surface area contributed by atoms with E-state index in [0.29, 0.717) is 31.1 Å². The van der Waals surface area contributed by atoms with Crippen LogP contribution in [0.4, 0.5) is 0 Å². The number of amides is 1. The van der Waals surface area contributed by atoms with E-state index in [1.165, 1.54) is 0 Å². The van der Waals surface area contributed by atoms with Crippen molar-refractivity contribution in [3.8, 4) is 0 Å². The van der Waals surface area contributed by atoms with Crippen molar-refractivity contribution in [3.05, 3.63) is 65.5 Å². The van der Waals surface area contributed by atoms with E-state index in [9.17, 15) is 9.59 Å². The highest BCUT2D eigenvalue weighted by Crippen LogP contribution is 2.25. The number of fused-ring (bicyclic) bond motifs is 2. The van der Waals surface area contributed by atoms with Gasteiger partial charge in [-0.3, -0.25) is 14.3 Å². The molecule has 0 saturated carbocycles. The molecule has 0 radical (unpaired) electrons. The van der Waals surface area contributed by atoms with Crippen molar-refractivity contribution >= 4 is 33.5 Å². The Kier molecular flexibility index (Phi) is 8.77. The number of para-hydroxylation sites is 1. The van der Waals surface area contributed by atoms with E-state index in [-0.39, 0.29) is 11.7 Å². The average Bonchev–Trinajstić information content (AvgIpc) is 3.43. The summed E-state index contributed by atoms with van der Waals surface area (Å²) < 4.78 is 9.05. The molecule has 2 aromatic carbocycles. The molecule has 0 aliphatic rings. The number of rotatable bonds is 13. The van der Waals surface area contributed by atoms with E-state index in [4.69, 9.17) is 9.84 Å². The molecule has 2 aromatic heterocycles. The van der Waals surface area contributed by atoms with Crippen LogP contribution in [0.15, 0.2) is 48.8 Å². The quantitative estimate of drug-likeness (QED) is 0.188. The summed E-state index contributed by atoms with van der Waals surface area (Å²) in [6.45, 7) is 5.91. The molecule has 37 heavy (non-hydrogen) atoms. The molecule has 0 fully saturated rings. The summed E-state index contributed by atoms with van der Waals surface area (Å²) in [7, 11) is 3.61. The highest BCUT2D eigenvalue weighted by Gasteiger charge is 2.17. The molecule has 0 spiro atoms. The maximum absolute atomic E-state index is 13.0. The second kappa shape index (κ2) is 12.2. The van der Waals surface area contributed by atoms with Crippen LogP contribution < -0.4 is 5.32 Å². The fourth-order valence-corrected chi connectivity index (χ4v) is 5.18. The van der Waals surface area contributed by atoms with Gasteiger partial charge in [0.15, 0.2) is 5.78 Å². The number of benzene rings is 2. The molecule has 1 atom stereocenters. The molecule has 4 aromatic rings. The minimum absolute atomic E-state index is 0.0936. The zero-order chi connectivity index (χ0) is 26.4. The summed E-state index contributed by atoms with van der Waals surface area (Å²) in [5.41, 5.74) is 4.38. The summed E-state index contributed by atoms with van der Waals surface area (Å²) in [6.07, 6.45) is 8.56. The molecule has 196 valence electrons. The maximum Gasteiger partial charge on any atom is 0.251 e. The largest absolute Gasteiger partial charge is 0.383 e. The Labute approximate surface area is 218 Å². The number of hydrogen-bond acceptors (Lipinski definition) is 4. The van der Waals surface area contributed by atoms with Gasteiger partial charge >= 0.3 is 0 Å². The SMILES string of the molecule is CCCC(CCCC(=O)c1cn(C)c2ccccc12)Cn1cc2cc(C(=O)NCCOC)c(C)cc2n1. The number of nitrogens with zero attached hydrogens (tertiary/aromatic N) is 3. The zero-order valence-electron chi connectivity index (χ0n) is 22.4. The average molecular weight is 503 g/mol. The normalized spacial score (nSPS) is 12.3. The van der Waals surface area contributed by atoms with Gasteiger partial charge in [0.2, 0.25) is 0 Å². The zero-order valence-corrected chi connectivity index (χ0v) is 22.4. The van der Waals surface area contributed by atoms with E-state index in [0.717, 1.165) is 65.2 Å². The van der Waals surface area contributed by atoms with E-state index >= 15 is 0 Å². The van der Waals surface area contributed by atoms with Gasteiger partial charge in [-0.1, -0.05) is 31.5 Å². The molecule has 7 nitrogen and oxygen atoms in total. The maximum atomic E-state index is 13.0. The molecule has 0 bridgehead atoms. The third-order valence-corrected chi connectivity index (χ3v) is 7.09. The van der Waals surface area contributed by atoms with Gasteiger partial charge in [-0.15, -0.1) is 0 Å². The minimum atomic E-state index is -0.0936. The van der Waals surface area contributed by atoms with Gasteiger partial charge in [0, 0.05) is 73.5 Å². The van der Waals surface area contributed by atoms with Crippen LogP contribution in [0.25, 0.3) is 21.8 Å². The summed E-state index contributed by atoms with van der Waals surface area (Å²) in [5.74, 6) is 0.560. The lowest BCUT2D eigenvalue weighted by atomic mass is 9.95. The fourth-order valence-electron chi connectivity index (χ4n) is 5.18. The van der Waals surface area contributed by atoms with Crippen molar-refractivity contribution in [2.75, 3.05) is 20.3 Å². The van der Waals surface area contributed by atoms with E-state index < -0.39 is 0 Å². The lowest BCUT2D eigenvalue weighted by molar-refractivity contribution is 0.0935. The second-order valence-corrected chi connectivity index (χ2v) is 9.97. The van der Waals surface area contributed by atoms with Gasteiger partial charge in [-0.25, -0.2) is 0 Å². The molecule has 1 amide bonds. The third-order valence-electron chi connectivity index (χ3n) is 7.09. The lowest BCUT2D eigenvalue weighted by Crippen LogP contribution is -2.27. The first-order chi connectivity index (χ1) is 17.9. The molecule has 0 aliphatic carbocycles. The first kappa shape index (κ1) is 26.6. The van der Waals surface area contributed by atoms with Crippen LogP contribution in [-0.4, -0.2) is 46.3 Å². The Morgan fingerprint density at radius 2 is 1.92 bits per heavy atom. The van der Waals surface area contributed by atoms with Crippen LogP contribution in [-0.2, 0) is 18.3 Å². The molecule has 7 heteroatoms. The summed E-state index contributed by atoms with van der Waals surface area (Å²) >= 11 is 0. The Morgan fingerprint density at radius 1 is 1.11 bits per heavy atom. The number of hydrogen-bond donors (Lipinski definition) is 1. The Morgan fingerprint density at radius 3 is 2.70 bits per heavy atom. The first-order valence-electron chi connectivity index (χ1n) is 13.2. The number of carbonyl (C=O) groups is 2. The number of Topliss-reactive ketones (excluding diaryl/α,β-unsaturated/α-hetero) is 1. The molecule has 0 saturated heterocycles. The number of aryl methyl sites for hydroxylation is 2. The Bertz CT molecular complexity index is 1380. The van der Waals surface area contributed by atoms with Crippen LogP contribution in [0.3, 0.4) is 0 Å². The minimum Gasteiger partial charge on any atom is -0.383 e. The molecule has 1 unspecified atom stereocenters. The van der Waals surface area contributed by atoms with Crippen molar-refractivity contribution in [2.24, 2.45) is 13.0 Å². The predicted molar refractivity (Wildman–Crippen MR) is 148 cm³/mol. The van der Waals surface area contributed by atoms with Crippen LogP contribution in [0.2, 0.25) is 0 Å². The van der Waals surface area contributed by atoms with Gasteiger partial charge in [0.25, 0.3) is 5.91 Å². The monoisotopic (exact) mass is 502 g/mol. The van der Waals surface area contributed by atoms with Gasteiger partial charge in [0.1, 0.15) is 0 Å². The number of ketones is 1. The first-order valence-corrected chi connectivity index (χ1v) is 13.2. The summed E-state index contributed by atoms with van der Waals surface area (Å²) in [4.78, 5) is 25.6. The third kappa shape index (κ3) is 6.28. The number of ether oxygens (including phenoxy) is 1. The van der Waals surface area contributed by atoms with Gasteiger partial charge in [-0.05, 0) is 55.9 Å². The lowest BCUT2D eigenvalue weighted by Gasteiger charge is -2.16. The number of carbonyl (C=O) groups excluding carboxylic acids is 2. The molecule has 1 N–H and O–H groups in total. The number of methoxy groups -OCH3 is 1. The summed E-state index contributed by atoms with van der Waals surface area (Å²) in [6, 6.07) is 12.0. The summed E-state index contributed by atoms with van der Waals surface area (Å²) in [5, 5.41) is 9.69. The Hall–Kier alpha value is -3.45. The molecule has 0 aliphatic heterocycles. The number of aromatic nitrogens is 3. The van der Waals surface area contributed by atoms with Crippen molar-refractivity contribution in [2.45, 2.75) is 52.5 Å². The molecule has 2 heterocycles. The Balaban J connectivity index is 1.39. The van der Waals surface area contributed by atoms with Crippen molar-refractivity contribution in [1.82, 2.24) is 19.7 Å². The number of nitrogens with one attached hydrogen (secondary N) is 1. The van der Waals surface area contributed by atoms with Crippen molar-refractivity contribution < 1.29 is 14.3 Å². The predicted octanol–water partition coefficient (Wildman–Crippen LogP) is 5.68. The van der Waals surface area contributed by atoms with Crippen LogP contribution >= 0.6 is 0 Å². The van der Waals surface area contributed by atoms with Crippen LogP contribution in [0, 0.1) is 12.8 Å². The van der Waals surface area contributed by atoms with Crippen molar-refractivity contribution in [1.29, 1.82) is 0 Å². The van der Waals surface area contributed by atoms with Gasteiger partial charge in [0.05, 0.1) is 12.1 Å². The molecular weight excluding hydrogens is 464 g/mol. The van der Waals surface area contributed by atoms with E-state index in [2.05, 4.69) is 18.3 Å². The molecular formula is C30H38N4O3. The van der Waals surface area contributed by atoms with Gasteiger partial charge in [-0.2, -0.15) is 5.10 Å².